The second-order valence-corrected chi connectivity index (χ2v) is 4.85. The van der Waals surface area contributed by atoms with Crippen molar-refractivity contribution in [1.82, 2.24) is 4.98 Å². The van der Waals surface area contributed by atoms with Crippen LogP contribution >= 0.6 is 0 Å². The highest BCUT2D eigenvalue weighted by Gasteiger charge is 2.14. The van der Waals surface area contributed by atoms with E-state index in [0.717, 1.165) is 18.1 Å². The molecule has 2 aromatic rings. The van der Waals surface area contributed by atoms with Crippen LogP contribution in [0.15, 0.2) is 36.4 Å². The van der Waals surface area contributed by atoms with Gasteiger partial charge in [-0.25, -0.2) is 13.8 Å². The summed E-state index contributed by atoms with van der Waals surface area (Å²) in [5.41, 5.74) is 1.01. The van der Waals surface area contributed by atoms with Crippen LogP contribution in [-0.2, 0) is 0 Å². The lowest BCUT2D eigenvalue weighted by Crippen LogP contribution is -2.12. The summed E-state index contributed by atoms with van der Waals surface area (Å²) in [6.07, 6.45) is 0.835. The van der Waals surface area contributed by atoms with Crippen LogP contribution in [0.5, 0.6) is 0 Å². The number of nitrogens with one attached hydrogen (secondary N) is 2. The molecule has 1 aromatic carbocycles. The Morgan fingerprint density at radius 2 is 1.76 bits per heavy atom. The molecule has 0 spiro atoms. The van der Waals surface area contributed by atoms with Crippen molar-refractivity contribution in [3.05, 3.63) is 53.6 Å². The molecule has 0 bridgehead atoms. The Hall–Kier alpha value is -2.17. The van der Waals surface area contributed by atoms with Crippen molar-refractivity contribution < 1.29 is 8.78 Å². The third kappa shape index (κ3) is 3.90. The normalized spacial score (nSPS) is 12.0. The number of aromatic nitrogens is 1. The molecule has 0 saturated carbocycles. The van der Waals surface area contributed by atoms with E-state index in [-0.39, 0.29) is 17.7 Å². The average Bonchev–Trinajstić information content (AvgIpc) is 2.49. The Labute approximate surface area is 123 Å². The zero-order valence-electron chi connectivity index (χ0n) is 12.2. The quantitative estimate of drug-likeness (QED) is 0.830. The van der Waals surface area contributed by atoms with Crippen LogP contribution < -0.4 is 10.6 Å². The van der Waals surface area contributed by atoms with E-state index in [9.17, 15) is 8.78 Å². The minimum Gasteiger partial charge on any atom is -0.368 e. The molecule has 0 saturated heterocycles. The minimum absolute atomic E-state index is 0.0476. The molecule has 0 radical (unpaired) electrons. The average molecular weight is 291 g/mol. The predicted octanol–water partition coefficient (Wildman–Crippen LogP) is 4.35. The lowest BCUT2D eigenvalue weighted by atomic mass is 10.1. The SMILES string of the molecule is CCCNc1nc(NC(C)c2ccccc2)c(F)cc1F. The molecule has 1 aromatic heterocycles. The predicted molar refractivity (Wildman–Crippen MR) is 81.4 cm³/mol. The third-order valence-electron chi connectivity index (χ3n) is 3.12. The molecule has 0 aliphatic heterocycles. The van der Waals surface area contributed by atoms with E-state index >= 15 is 0 Å². The van der Waals surface area contributed by atoms with Crippen molar-refractivity contribution in [1.29, 1.82) is 0 Å². The second kappa shape index (κ2) is 7.02. The van der Waals surface area contributed by atoms with E-state index in [1.54, 1.807) is 0 Å². The van der Waals surface area contributed by atoms with E-state index in [2.05, 4.69) is 15.6 Å². The van der Waals surface area contributed by atoms with Crippen molar-refractivity contribution in [2.24, 2.45) is 0 Å². The smallest absolute Gasteiger partial charge is 0.168 e. The third-order valence-corrected chi connectivity index (χ3v) is 3.12. The van der Waals surface area contributed by atoms with E-state index in [4.69, 9.17) is 0 Å². The van der Waals surface area contributed by atoms with Gasteiger partial charge in [0.05, 0.1) is 6.04 Å². The van der Waals surface area contributed by atoms with Gasteiger partial charge in [0.15, 0.2) is 23.3 Å². The van der Waals surface area contributed by atoms with Gasteiger partial charge in [-0.2, -0.15) is 0 Å². The van der Waals surface area contributed by atoms with Crippen LogP contribution in [-0.4, -0.2) is 11.5 Å². The lowest BCUT2D eigenvalue weighted by molar-refractivity contribution is 0.576. The van der Waals surface area contributed by atoms with E-state index in [1.165, 1.54) is 0 Å². The number of anilines is 2. The first-order valence-corrected chi connectivity index (χ1v) is 7.03. The largest absolute Gasteiger partial charge is 0.368 e. The lowest BCUT2D eigenvalue weighted by Gasteiger charge is -2.16. The number of pyridine rings is 1. The van der Waals surface area contributed by atoms with Gasteiger partial charge in [-0.05, 0) is 18.9 Å². The van der Waals surface area contributed by atoms with Crippen molar-refractivity contribution in [2.45, 2.75) is 26.3 Å². The maximum absolute atomic E-state index is 13.8. The van der Waals surface area contributed by atoms with Gasteiger partial charge in [-0.1, -0.05) is 37.3 Å². The molecule has 1 unspecified atom stereocenters. The molecule has 1 atom stereocenters. The van der Waals surface area contributed by atoms with E-state index < -0.39 is 11.6 Å². The van der Waals surface area contributed by atoms with Crippen LogP contribution in [0.2, 0.25) is 0 Å². The van der Waals surface area contributed by atoms with Crippen LogP contribution in [0.3, 0.4) is 0 Å². The number of halogens is 2. The van der Waals surface area contributed by atoms with Gasteiger partial charge < -0.3 is 10.6 Å². The maximum Gasteiger partial charge on any atom is 0.168 e. The standard InChI is InChI=1S/C16H19F2N3/c1-3-9-19-15-13(17)10-14(18)16(21-15)20-11(2)12-7-5-4-6-8-12/h4-8,10-11H,3,9H2,1-2H3,(H2,19,20,21). The summed E-state index contributed by atoms with van der Waals surface area (Å²) in [6, 6.07) is 10.3. The van der Waals surface area contributed by atoms with Crippen molar-refractivity contribution in [2.75, 3.05) is 17.2 Å². The zero-order valence-corrected chi connectivity index (χ0v) is 12.2. The first kappa shape index (κ1) is 15.2. The van der Waals surface area contributed by atoms with Crippen molar-refractivity contribution in [3.63, 3.8) is 0 Å². The van der Waals surface area contributed by atoms with Crippen LogP contribution in [0.25, 0.3) is 0 Å². The van der Waals surface area contributed by atoms with Crippen molar-refractivity contribution >= 4 is 11.6 Å². The summed E-state index contributed by atoms with van der Waals surface area (Å²) in [6.45, 7) is 4.45. The monoisotopic (exact) mass is 291 g/mol. The molecular formula is C16H19F2N3. The number of benzene rings is 1. The molecular weight excluding hydrogens is 272 g/mol. The summed E-state index contributed by atoms with van der Waals surface area (Å²) >= 11 is 0. The Morgan fingerprint density at radius 3 is 2.43 bits per heavy atom. The summed E-state index contributed by atoms with van der Waals surface area (Å²) in [5.74, 6) is -1.26. The van der Waals surface area contributed by atoms with Gasteiger partial charge in [-0.3, -0.25) is 0 Å². The van der Waals surface area contributed by atoms with Crippen LogP contribution in [0.1, 0.15) is 31.9 Å². The fourth-order valence-corrected chi connectivity index (χ4v) is 1.97. The molecule has 0 aliphatic carbocycles. The summed E-state index contributed by atoms with van der Waals surface area (Å²) in [5, 5.41) is 5.83. The molecule has 3 nitrogen and oxygen atoms in total. The number of hydrogen-bond donors (Lipinski definition) is 2. The van der Waals surface area contributed by atoms with Crippen LogP contribution in [0, 0.1) is 11.6 Å². The summed E-state index contributed by atoms with van der Waals surface area (Å²) < 4.78 is 27.5. The molecule has 112 valence electrons. The number of nitrogens with zero attached hydrogens (tertiary/aromatic N) is 1. The van der Waals surface area contributed by atoms with E-state index in [0.29, 0.717) is 6.54 Å². The van der Waals surface area contributed by atoms with Gasteiger partial charge in [-0.15, -0.1) is 0 Å². The minimum atomic E-state index is -0.697. The number of rotatable bonds is 6. The van der Waals surface area contributed by atoms with E-state index in [1.807, 2.05) is 44.2 Å². The van der Waals surface area contributed by atoms with Gasteiger partial charge in [0.25, 0.3) is 0 Å². The Balaban J connectivity index is 2.19. The van der Waals surface area contributed by atoms with Gasteiger partial charge in [0, 0.05) is 12.6 Å². The van der Waals surface area contributed by atoms with Crippen molar-refractivity contribution in [3.8, 4) is 0 Å². The Kier molecular flexibility index (Phi) is 5.09. The number of hydrogen-bond acceptors (Lipinski definition) is 3. The Morgan fingerprint density at radius 1 is 1.10 bits per heavy atom. The topological polar surface area (TPSA) is 37.0 Å². The Bertz CT molecular complexity index is 588. The molecule has 1 heterocycles. The first-order chi connectivity index (χ1) is 10.1. The molecule has 5 heteroatoms. The van der Waals surface area contributed by atoms with Gasteiger partial charge in [0.1, 0.15) is 0 Å². The molecule has 0 fully saturated rings. The summed E-state index contributed by atoms with van der Waals surface area (Å²) in [4.78, 5) is 4.00. The highest BCUT2D eigenvalue weighted by molar-refractivity contribution is 5.48. The molecule has 2 rings (SSSR count). The molecule has 0 amide bonds. The molecule has 2 N–H and O–H groups in total. The zero-order chi connectivity index (χ0) is 15.2. The highest BCUT2D eigenvalue weighted by Crippen LogP contribution is 2.23. The highest BCUT2D eigenvalue weighted by atomic mass is 19.1. The second-order valence-electron chi connectivity index (χ2n) is 4.85. The first-order valence-electron chi connectivity index (χ1n) is 7.03. The molecule has 21 heavy (non-hydrogen) atoms. The van der Waals surface area contributed by atoms with Gasteiger partial charge in [0.2, 0.25) is 0 Å². The summed E-state index contributed by atoms with van der Waals surface area (Å²) in [7, 11) is 0. The molecule has 0 aliphatic rings. The fraction of sp³-hybridized carbons (Fsp3) is 0.312. The fourth-order valence-electron chi connectivity index (χ4n) is 1.97. The van der Waals surface area contributed by atoms with Gasteiger partial charge >= 0.3 is 0 Å². The maximum atomic E-state index is 13.8. The van der Waals surface area contributed by atoms with Crippen LogP contribution in [0.4, 0.5) is 20.4 Å².